The first kappa shape index (κ1) is 16.7. The van der Waals surface area contributed by atoms with Crippen molar-refractivity contribution in [2.75, 3.05) is 13.1 Å². The summed E-state index contributed by atoms with van der Waals surface area (Å²) in [5.74, 6) is 0.768. The lowest BCUT2D eigenvalue weighted by atomic mass is 9.89. The summed E-state index contributed by atoms with van der Waals surface area (Å²) in [6, 6.07) is 10.7. The minimum Gasteiger partial charge on any atom is -0.448 e. The zero-order chi connectivity index (χ0) is 17.4. The van der Waals surface area contributed by atoms with Crippen molar-refractivity contribution in [1.29, 1.82) is 0 Å². The van der Waals surface area contributed by atoms with Crippen molar-refractivity contribution >= 4 is 11.6 Å². The number of fused-ring (bicyclic) bond motifs is 1. The average molecular weight is 362 g/mol. The summed E-state index contributed by atoms with van der Waals surface area (Å²) in [5.41, 5.74) is 1.72. The van der Waals surface area contributed by atoms with Crippen LogP contribution in [-0.4, -0.2) is 18.9 Å². The summed E-state index contributed by atoms with van der Waals surface area (Å²) in [7, 11) is 0. The highest BCUT2D eigenvalue weighted by Crippen LogP contribution is 2.47. The van der Waals surface area contributed by atoms with E-state index in [9.17, 15) is 4.39 Å². The van der Waals surface area contributed by atoms with Crippen LogP contribution in [0.15, 0.2) is 36.4 Å². The van der Waals surface area contributed by atoms with Crippen LogP contribution in [0.1, 0.15) is 36.8 Å². The number of para-hydroxylation sites is 1. The molecule has 4 rings (SSSR count). The van der Waals surface area contributed by atoms with Gasteiger partial charge in [-0.15, -0.1) is 0 Å². The maximum Gasteiger partial charge on any atom is 0.253 e. The number of nitrogens with one attached hydrogen (secondary N) is 1. The lowest BCUT2D eigenvalue weighted by Crippen LogP contribution is -2.37. The van der Waals surface area contributed by atoms with Gasteiger partial charge in [0.2, 0.25) is 0 Å². The SMILES string of the molecule is CC1(Cc2ccc(Cl)cc2F)Oc2cccc(C3CCNCC3)c2O1. The van der Waals surface area contributed by atoms with Gasteiger partial charge >= 0.3 is 0 Å². The molecule has 2 aliphatic heterocycles. The Morgan fingerprint density at radius 2 is 2.00 bits per heavy atom. The fourth-order valence-electron chi connectivity index (χ4n) is 3.73. The highest BCUT2D eigenvalue weighted by molar-refractivity contribution is 6.30. The second kappa shape index (κ2) is 6.50. The third-order valence-electron chi connectivity index (χ3n) is 4.96. The molecule has 25 heavy (non-hydrogen) atoms. The van der Waals surface area contributed by atoms with Gasteiger partial charge in [-0.2, -0.15) is 0 Å². The van der Waals surface area contributed by atoms with Crippen molar-refractivity contribution in [3.63, 3.8) is 0 Å². The Morgan fingerprint density at radius 1 is 1.20 bits per heavy atom. The Balaban J connectivity index is 1.59. The molecule has 0 bridgehead atoms. The largest absolute Gasteiger partial charge is 0.448 e. The van der Waals surface area contributed by atoms with E-state index < -0.39 is 5.79 Å². The van der Waals surface area contributed by atoms with Crippen molar-refractivity contribution in [3.05, 3.63) is 58.4 Å². The smallest absolute Gasteiger partial charge is 0.253 e. The fraction of sp³-hybridized carbons (Fsp3) is 0.400. The Kier molecular flexibility index (Phi) is 4.34. The average Bonchev–Trinajstić information content (AvgIpc) is 2.94. The van der Waals surface area contributed by atoms with E-state index in [0.717, 1.165) is 37.4 Å². The number of ether oxygens (including phenoxy) is 2. The van der Waals surface area contributed by atoms with Gasteiger partial charge < -0.3 is 14.8 Å². The van der Waals surface area contributed by atoms with Gasteiger partial charge in [-0.25, -0.2) is 4.39 Å². The first-order valence-corrected chi connectivity index (χ1v) is 9.07. The normalized spacial score (nSPS) is 23.0. The van der Waals surface area contributed by atoms with E-state index in [1.165, 1.54) is 11.6 Å². The number of benzene rings is 2. The number of piperidine rings is 1. The van der Waals surface area contributed by atoms with Crippen molar-refractivity contribution < 1.29 is 13.9 Å². The lowest BCUT2D eigenvalue weighted by Gasteiger charge is -2.26. The highest BCUT2D eigenvalue weighted by Gasteiger charge is 2.39. The first-order chi connectivity index (χ1) is 12.0. The molecule has 2 aromatic carbocycles. The maximum absolute atomic E-state index is 14.2. The molecule has 1 N–H and O–H groups in total. The van der Waals surface area contributed by atoms with Gasteiger partial charge in [0.15, 0.2) is 11.5 Å². The van der Waals surface area contributed by atoms with E-state index in [1.807, 2.05) is 19.1 Å². The summed E-state index contributed by atoms with van der Waals surface area (Å²) in [6.07, 6.45) is 2.49. The summed E-state index contributed by atoms with van der Waals surface area (Å²) < 4.78 is 26.5. The van der Waals surface area contributed by atoms with Gasteiger partial charge in [0.25, 0.3) is 5.79 Å². The topological polar surface area (TPSA) is 30.5 Å². The number of rotatable bonds is 3. The van der Waals surface area contributed by atoms with E-state index in [2.05, 4.69) is 11.4 Å². The Bertz CT molecular complexity index is 791. The van der Waals surface area contributed by atoms with E-state index in [1.54, 1.807) is 12.1 Å². The molecule has 0 aromatic heterocycles. The molecule has 3 nitrogen and oxygen atoms in total. The predicted molar refractivity (Wildman–Crippen MR) is 96.1 cm³/mol. The van der Waals surface area contributed by atoms with Crippen LogP contribution in [0.25, 0.3) is 0 Å². The van der Waals surface area contributed by atoms with Gasteiger partial charge in [-0.05, 0) is 55.6 Å². The second-order valence-electron chi connectivity index (χ2n) is 6.95. The van der Waals surface area contributed by atoms with Crippen molar-refractivity contribution in [2.24, 2.45) is 0 Å². The first-order valence-electron chi connectivity index (χ1n) is 8.70. The molecular weight excluding hydrogens is 341 g/mol. The predicted octanol–water partition coefficient (Wildman–Crippen LogP) is 4.68. The van der Waals surface area contributed by atoms with E-state index >= 15 is 0 Å². The maximum atomic E-state index is 14.2. The lowest BCUT2D eigenvalue weighted by molar-refractivity contribution is -0.0614. The standard InChI is InChI=1S/C20H21ClFNO2/c1-20(12-14-5-6-15(21)11-17(14)22)24-18-4-2-3-16(19(18)25-20)13-7-9-23-10-8-13/h2-6,11,13,23H,7-10,12H2,1H3. The number of halogens is 2. The van der Waals surface area contributed by atoms with Crippen molar-refractivity contribution in [1.82, 2.24) is 5.32 Å². The molecule has 1 unspecified atom stereocenters. The zero-order valence-corrected chi connectivity index (χ0v) is 14.9. The van der Waals surface area contributed by atoms with E-state index in [0.29, 0.717) is 22.9 Å². The number of hydrogen-bond acceptors (Lipinski definition) is 3. The fourth-order valence-corrected chi connectivity index (χ4v) is 3.89. The quantitative estimate of drug-likeness (QED) is 0.861. The Labute approximate surface area is 152 Å². The third kappa shape index (κ3) is 3.33. The summed E-state index contributed by atoms with van der Waals surface area (Å²) >= 11 is 5.84. The monoisotopic (exact) mass is 361 g/mol. The molecule has 2 aliphatic rings. The van der Waals surface area contributed by atoms with Crippen LogP contribution in [0, 0.1) is 5.82 Å². The van der Waals surface area contributed by atoms with Crippen LogP contribution < -0.4 is 14.8 Å². The summed E-state index contributed by atoms with van der Waals surface area (Å²) in [4.78, 5) is 0. The van der Waals surface area contributed by atoms with Crippen LogP contribution >= 0.6 is 11.6 Å². The Hall–Kier alpha value is -1.78. The molecule has 0 saturated carbocycles. The Morgan fingerprint density at radius 3 is 2.76 bits per heavy atom. The van der Waals surface area contributed by atoms with Crippen LogP contribution in [0.2, 0.25) is 5.02 Å². The molecule has 132 valence electrons. The van der Waals surface area contributed by atoms with Gasteiger partial charge in [-0.1, -0.05) is 29.8 Å². The second-order valence-corrected chi connectivity index (χ2v) is 7.39. The molecule has 2 aromatic rings. The molecule has 1 atom stereocenters. The van der Waals surface area contributed by atoms with E-state index in [-0.39, 0.29) is 5.82 Å². The van der Waals surface area contributed by atoms with Crippen LogP contribution in [-0.2, 0) is 6.42 Å². The molecule has 2 heterocycles. The third-order valence-corrected chi connectivity index (χ3v) is 5.19. The van der Waals surface area contributed by atoms with E-state index in [4.69, 9.17) is 21.1 Å². The van der Waals surface area contributed by atoms with Crippen molar-refractivity contribution in [2.45, 2.75) is 37.9 Å². The molecule has 0 spiro atoms. The zero-order valence-electron chi connectivity index (χ0n) is 14.1. The summed E-state index contributed by atoms with van der Waals surface area (Å²) in [5, 5.41) is 3.77. The van der Waals surface area contributed by atoms with Gasteiger partial charge in [-0.3, -0.25) is 0 Å². The van der Waals surface area contributed by atoms with Crippen LogP contribution in [0.4, 0.5) is 4.39 Å². The molecule has 5 heteroatoms. The molecular formula is C20H21ClFNO2. The van der Waals surface area contributed by atoms with Crippen LogP contribution in [0.3, 0.4) is 0 Å². The van der Waals surface area contributed by atoms with Crippen molar-refractivity contribution in [3.8, 4) is 11.5 Å². The van der Waals surface area contributed by atoms with Gasteiger partial charge in [0.1, 0.15) is 5.82 Å². The van der Waals surface area contributed by atoms with Gasteiger partial charge in [0, 0.05) is 17.5 Å². The summed E-state index contributed by atoms with van der Waals surface area (Å²) in [6.45, 7) is 3.89. The highest BCUT2D eigenvalue weighted by atomic mass is 35.5. The number of hydrogen-bond donors (Lipinski definition) is 1. The van der Waals surface area contributed by atoms with Crippen LogP contribution in [0.5, 0.6) is 11.5 Å². The van der Waals surface area contributed by atoms with Gasteiger partial charge in [0.05, 0.1) is 6.42 Å². The minimum atomic E-state index is -0.917. The molecule has 0 aliphatic carbocycles. The molecule has 0 amide bonds. The molecule has 1 saturated heterocycles. The minimum absolute atomic E-state index is 0.316. The molecule has 1 fully saturated rings. The molecule has 0 radical (unpaired) electrons.